The topological polar surface area (TPSA) is 680 Å². The van der Waals surface area contributed by atoms with Crippen LogP contribution in [0.15, 0.2) is 97.1 Å². The second-order valence-corrected chi connectivity index (χ2v) is 37.3. The van der Waals surface area contributed by atoms with Crippen LogP contribution in [-0.2, 0) is 28.8 Å². The number of anilines is 12. The van der Waals surface area contributed by atoms with Crippen LogP contribution in [0.25, 0.3) is 0 Å². The van der Waals surface area contributed by atoms with E-state index < -0.39 is 147 Å². The van der Waals surface area contributed by atoms with Gasteiger partial charge in [-0.3, -0.25) is 48.9 Å². The first-order valence-corrected chi connectivity index (χ1v) is 46.6. The third kappa shape index (κ3) is 42.0. The zero-order valence-electron chi connectivity index (χ0n) is 81.3. The number of hydrogen-bond acceptors (Lipinski definition) is 32. The molecule has 4 heterocycles. The molecule has 0 aliphatic rings. The smallest absolute Gasteiger partial charge is 0.250 e. The molecule has 30 N–H and O–H groups in total. The summed E-state index contributed by atoms with van der Waals surface area (Å²) in [7, 11) is 0. The molecule has 10 rings (SSSR count). The van der Waals surface area contributed by atoms with Gasteiger partial charge in [-0.05, 0) is 245 Å². The average molecular weight is 2090 g/mol. The van der Waals surface area contributed by atoms with Crippen LogP contribution >= 0.6 is 46.1 Å². The number of nitrogens with one attached hydrogen (secondary N) is 8. The summed E-state index contributed by atoms with van der Waals surface area (Å²) in [4.78, 5) is 91.1. The van der Waals surface area contributed by atoms with Gasteiger partial charge in [0.1, 0.15) is 74.5 Å². The SMILES string of the molecule is CC(C)C[C@@H](N)C(N)=O.CC(C)C[C@@H](Nc1c(C#N)ccc(F)c1F)C(N)=O.CC(C)C[C@@H](Nc1ccc(C#N)c(F)c1F)C(N)=O.Cc1cc(N)sn1.Cc1cc(Nc2c(C#N)ccc(N[C@H](CC(C)C)C(N)=O)c2F)sn1.Cc1cc(Nc2c(C(N)=O)ccc(N[C@H](CC(C)C)C(N)=O)c2F)sn1.Cc1cc(Nc2c(C(N)=O)ccc(N[C@H](CC(C)C)C(N)=O)c2F)sn1.N#Cc1ccc(F)c(F)c1F.OO. The van der Waals surface area contributed by atoms with E-state index in [-0.39, 0.29) is 103 Å². The van der Waals surface area contributed by atoms with Gasteiger partial charge in [-0.25, -0.2) is 43.9 Å². The Hall–Kier alpha value is -15.1. The molecule has 0 saturated carbocycles. The van der Waals surface area contributed by atoms with E-state index in [1.807, 2.05) is 109 Å². The summed E-state index contributed by atoms with van der Waals surface area (Å²) >= 11 is 4.77. The van der Waals surface area contributed by atoms with Crippen LogP contribution in [0.4, 0.5) is 109 Å². The minimum absolute atomic E-state index is 0.00131. The molecule has 0 saturated heterocycles. The molecule has 6 atom stereocenters. The van der Waals surface area contributed by atoms with Gasteiger partial charge in [0.15, 0.2) is 58.2 Å². The number of hydrogen-bond donors (Lipinski definition) is 20. The van der Waals surface area contributed by atoms with Crippen molar-refractivity contribution in [3.8, 4) is 24.3 Å². The van der Waals surface area contributed by atoms with E-state index in [4.69, 9.17) is 83.6 Å². The van der Waals surface area contributed by atoms with Crippen molar-refractivity contribution in [2.24, 2.45) is 87.1 Å². The lowest BCUT2D eigenvalue weighted by Gasteiger charge is -2.20. The molecule has 36 nitrogen and oxygen atoms in total. The number of halogens is 10. The highest BCUT2D eigenvalue weighted by Crippen LogP contribution is 2.37. The van der Waals surface area contributed by atoms with Crippen molar-refractivity contribution in [3.05, 3.63) is 211 Å². The van der Waals surface area contributed by atoms with Crippen molar-refractivity contribution in [2.45, 2.75) is 186 Å². The Morgan fingerprint density at radius 2 is 0.576 bits per heavy atom. The van der Waals surface area contributed by atoms with E-state index in [2.05, 4.69) is 60.0 Å². The molecular weight excluding hydrogens is 1970 g/mol. The Balaban J connectivity index is 0.000000570. The molecule has 0 bridgehead atoms. The van der Waals surface area contributed by atoms with Crippen LogP contribution in [0.2, 0.25) is 0 Å². The van der Waals surface area contributed by atoms with Crippen molar-refractivity contribution in [1.82, 2.24) is 17.5 Å². The van der Waals surface area contributed by atoms with Crippen molar-refractivity contribution in [3.63, 3.8) is 0 Å². The van der Waals surface area contributed by atoms with Crippen LogP contribution in [0.5, 0.6) is 0 Å². The summed E-state index contributed by atoms with van der Waals surface area (Å²) < 4.78 is 152. The number of nitrogens with two attached hydrogens (primary N) is 10. The number of carbonyl (C=O) groups is 8. The predicted molar refractivity (Wildman–Crippen MR) is 538 cm³/mol. The Morgan fingerprint density at radius 3 is 0.840 bits per heavy atom. The van der Waals surface area contributed by atoms with Crippen LogP contribution < -0.4 is 99.9 Å². The number of nitrogens with zero attached hydrogens (tertiary/aromatic N) is 8. The first-order valence-electron chi connectivity index (χ1n) is 43.5. The van der Waals surface area contributed by atoms with Crippen molar-refractivity contribution < 1.29 is 92.8 Å². The first-order chi connectivity index (χ1) is 67.4. The second kappa shape index (κ2) is 61.6. The minimum Gasteiger partial charge on any atom is -0.389 e. The van der Waals surface area contributed by atoms with Gasteiger partial charge in [-0.1, -0.05) is 83.1 Å². The number of nitriles is 4. The number of benzene rings is 6. The van der Waals surface area contributed by atoms with Gasteiger partial charge < -0.3 is 99.9 Å². The Kier molecular flexibility index (Phi) is 53.5. The lowest BCUT2D eigenvalue weighted by Crippen LogP contribution is -2.37. The van der Waals surface area contributed by atoms with E-state index in [1.54, 1.807) is 38.1 Å². The van der Waals surface area contributed by atoms with E-state index in [1.165, 1.54) is 77.7 Å². The van der Waals surface area contributed by atoms with Crippen LogP contribution in [0, 0.1) is 167 Å². The third-order valence-corrected chi connectivity index (χ3v) is 22.0. The van der Waals surface area contributed by atoms with Gasteiger partial charge in [0.05, 0.1) is 108 Å². The molecule has 0 spiro atoms. The molecule has 6 aromatic carbocycles. The summed E-state index contributed by atoms with van der Waals surface area (Å²) in [5.41, 5.74) is 55.1. The quantitative estimate of drug-likeness (QED) is 0.00750. The highest BCUT2D eigenvalue weighted by molar-refractivity contribution is 7.11. The molecule has 0 aliphatic carbocycles. The predicted octanol–water partition coefficient (Wildman–Crippen LogP) is 16.2. The lowest BCUT2D eigenvalue weighted by molar-refractivity contribution is -0.176. The van der Waals surface area contributed by atoms with Crippen LogP contribution in [-0.4, -0.2) is 112 Å². The van der Waals surface area contributed by atoms with Gasteiger partial charge in [0, 0.05) is 0 Å². The molecule has 0 fully saturated rings. The Morgan fingerprint density at radius 1 is 0.319 bits per heavy atom. The second-order valence-electron chi connectivity index (χ2n) is 34.0. The van der Waals surface area contributed by atoms with Gasteiger partial charge in [-0.2, -0.15) is 38.5 Å². The van der Waals surface area contributed by atoms with E-state index in [9.17, 15) is 78.7 Å². The first kappa shape index (κ1) is 125. The third-order valence-electron chi connectivity index (χ3n) is 18.9. The number of aryl methyl sites for hydroxylation is 4. The monoisotopic (exact) mass is 2090 g/mol. The summed E-state index contributed by atoms with van der Waals surface area (Å²) in [6, 6.07) is 23.8. The molecule has 50 heteroatoms. The molecule has 778 valence electrons. The average Bonchev–Trinajstić information content (AvgIpc) is 1.20. The Bertz CT molecular complexity index is 6030. The number of nitrogen functional groups attached to an aromatic ring is 1. The number of rotatable bonds is 36. The molecule has 0 radical (unpaired) electrons. The maximum atomic E-state index is 15.0. The molecule has 10 aromatic rings. The molecular formula is C94H118F10N26O10S4. The minimum atomic E-state index is -1.61. The summed E-state index contributed by atoms with van der Waals surface area (Å²) in [6.45, 7) is 30.5. The van der Waals surface area contributed by atoms with Crippen LogP contribution in [0.3, 0.4) is 0 Å². The fourth-order valence-corrected chi connectivity index (χ4v) is 14.8. The molecule has 0 aliphatic heterocycles. The normalized spacial score (nSPS) is 11.6. The van der Waals surface area contributed by atoms with Gasteiger partial charge in [0.2, 0.25) is 35.4 Å². The fraction of sp³-hybridized carbons (Fsp3) is 0.362. The Labute approximate surface area is 842 Å². The standard InChI is InChI=1S/2C17H22FN5O2S.C17H20FN5OS.2C13H15F2N3O.C7H2F3N.C6H14N2O.C4H6N2S.H2O2/c2*1-8(2)6-12(17(20)25)21-11-5-4-10(16(19)24)15(14(11)18)22-13-7-9(3)23-26-13;1-9(2)6-13(17(20)24)21-12-5-4-11(8-19)16(15(12)18)22-14-7-10(3)23-25-14;1-7(2)5-10(13(17)19)18-12-8(6-16)3-4-9(14)11(12)15;1-7(2)5-10(13(17)19)18-9-4-3-8(6-16)11(14)12(9)15;8-5-2-1-4(3-11)6(9)7(5)10;1-4(2)3-5(7)6(8)9;1-3-2-4(5)7-6-3;1-2/h2*4-5,7-8,12,21-22H,6H2,1-3H3,(H2,19,24)(H2,20,25);4-5,7,9,13,21-22H,6H2,1-3H3,(H2,20,24);2*3-4,7,10,18H,5H2,1-2H3,(H2,17,19);1-2H;4-5H,3,7H2,1-2H3,(H2,8,9);2H,5H2,1H3;1-2H/t2*12-;13-;2*10-;;5-;;/m11111.1../s1. The lowest BCUT2D eigenvalue weighted by atomic mass is 10.0. The van der Waals surface area contributed by atoms with Crippen molar-refractivity contribution in [1.29, 1.82) is 21.0 Å². The highest BCUT2D eigenvalue weighted by atomic mass is 32.1. The van der Waals surface area contributed by atoms with Gasteiger partial charge in [-0.15, -0.1) is 0 Å². The zero-order valence-corrected chi connectivity index (χ0v) is 84.6. The maximum Gasteiger partial charge on any atom is 0.250 e. The highest BCUT2D eigenvalue weighted by Gasteiger charge is 2.29. The van der Waals surface area contributed by atoms with E-state index in [0.717, 1.165) is 75.1 Å². The van der Waals surface area contributed by atoms with Crippen LogP contribution in [0.1, 0.15) is 187 Å². The van der Waals surface area contributed by atoms with Crippen molar-refractivity contribution >= 4 is 159 Å². The van der Waals surface area contributed by atoms with E-state index >= 15 is 8.78 Å². The van der Waals surface area contributed by atoms with Gasteiger partial charge >= 0.3 is 0 Å². The number of amides is 8. The fourth-order valence-electron chi connectivity index (χ4n) is 12.2. The van der Waals surface area contributed by atoms with Gasteiger partial charge in [0.25, 0.3) is 11.8 Å². The molecule has 144 heavy (non-hydrogen) atoms. The molecule has 4 aromatic heterocycles. The largest absolute Gasteiger partial charge is 0.389 e. The summed E-state index contributed by atoms with van der Waals surface area (Å²) in [5, 5.41) is 71.6. The van der Waals surface area contributed by atoms with Crippen molar-refractivity contribution in [2.75, 3.05) is 48.3 Å². The molecule has 0 unspecified atom stereocenters. The zero-order chi connectivity index (χ0) is 110. The summed E-state index contributed by atoms with van der Waals surface area (Å²) in [6.07, 6.45) is 2.81. The number of aromatic nitrogens is 4. The number of primary amides is 8. The number of carbonyl (C=O) groups excluding carboxylic acids is 8. The maximum absolute atomic E-state index is 15.0. The molecule has 8 amide bonds. The summed E-state index contributed by atoms with van der Waals surface area (Å²) in [5.74, 6) is -14.8. The van der Waals surface area contributed by atoms with E-state index in [0.29, 0.717) is 65.5 Å².